The van der Waals surface area contributed by atoms with E-state index in [0.29, 0.717) is 27.6 Å². The Morgan fingerprint density at radius 1 is 0.957 bits per heavy atom. The van der Waals surface area contributed by atoms with Crippen LogP contribution in [0.25, 0.3) is 0 Å². The molecule has 0 radical (unpaired) electrons. The van der Waals surface area contributed by atoms with E-state index in [9.17, 15) is 9.59 Å². The van der Waals surface area contributed by atoms with Crippen molar-refractivity contribution in [3.05, 3.63) is 69.2 Å². The molecule has 1 heterocycles. The van der Waals surface area contributed by atoms with Gasteiger partial charge in [0.05, 0.1) is 27.2 Å². The molecule has 3 nitrogen and oxygen atoms in total. The molecular formula is C18H15Cl2NO2. The first kappa shape index (κ1) is 16.0. The number of imide groups is 1. The minimum atomic E-state index is -0.345. The highest BCUT2D eigenvalue weighted by Crippen LogP contribution is 2.36. The first-order valence-electron chi connectivity index (χ1n) is 7.46. The van der Waals surface area contributed by atoms with Crippen molar-refractivity contribution in [2.45, 2.75) is 25.8 Å². The number of amides is 2. The maximum absolute atomic E-state index is 12.7. The molecule has 0 saturated heterocycles. The summed E-state index contributed by atoms with van der Waals surface area (Å²) in [6, 6.07) is 11.8. The fourth-order valence-corrected chi connectivity index (χ4v) is 3.24. The van der Waals surface area contributed by atoms with E-state index in [0.717, 1.165) is 12.0 Å². The van der Waals surface area contributed by atoms with Crippen molar-refractivity contribution in [1.82, 2.24) is 4.90 Å². The average molecular weight is 348 g/mol. The third-order valence-corrected chi connectivity index (χ3v) is 4.77. The summed E-state index contributed by atoms with van der Waals surface area (Å²) in [5.41, 5.74) is 1.73. The second-order valence-corrected chi connectivity index (χ2v) is 6.32. The number of fused-ring (bicyclic) bond motifs is 1. The van der Waals surface area contributed by atoms with Crippen LogP contribution in [0, 0.1) is 0 Å². The Kier molecular flexibility index (Phi) is 4.42. The minimum Gasteiger partial charge on any atom is -0.269 e. The number of hydrogen-bond acceptors (Lipinski definition) is 2. The highest BCUT2D eigenvalue weighted by Gasteiger charge is 2.39. The number of carbonyl (C=O) groups excluding carboxylic acids is 2. The van der Waals surface area contributed by atoms with Gasteiger partial charge in [0.15, 0.2) is 0 Å². The highest BCUT2D eigenvalue weighted by molar-refractivity contribution is 6.42. The summed E-state index contributed by atoms with van der Waals surface area (Å²) in [7, 11) is 0. The molecule has 1 aliphatic heterocycles. The molecule has 0 bridgehead atoms. The maximum Gasteiger partial charge on any atom is 0.262 e. The predicted molar refractivity (Wildman–Crippen MR) is 91.1 cm³/mol. The lowest BCUT2D eigenvalue weighted by Gasteiger charge is -2.26. The van der Waals surface area contributed by atoms with Gasteiger partial charge in [-0.1, -0.05) is 54.7 Å². The number of hydrogen-bond donors (Lipinski definition) is 0. The second-order valence-electron chi connectivity index (χ2n) is 5.50. The molecule has 1 aliphatic rings. The fraction of sp³-hybridized carbons (Fsp3) is 0.222. The van der Waals surface area contributed by atoms with E-state index in [1.165, 1.54) is 4.90 Å². The van der Waals surface area contributed by atoms with Crippen LogP contribution in [0.2, 0.25) is 10.0 Å². The summed E-state index contributed by atoms with van der Waals surface area (Å²) in [6.07, 6.45) is 1.50. The largest absolute Gasteiger partial charge is 0.269 e. The first-order chi connectivity index (χ1) is 11.0. The van der Waals surface area contributed by atoms with Crippen molar-refractivity contribution in [2.24, 2.45) is 0 Å². The molecule has 1 atom stereocenters. The van der Waals surface area contributed by atoms with Gasteiger partial charge in [0.1, 0.15) is 0 Å². The van der Waals surface area contributed by atoms with Crippen LogP contribution in [0.15, 0.2) is 42.5 Å². The van der Waals surface area contributed by atoms with E-state index in [1.54, 1.807) is 36.4 Å². The SMILES string of the molecule is CCCC(c1ccc(Cl)c(Cl)c1)N1C(=O)c2ccccc2C1=O. The maximum atomic E-state index is 12.7. The molecule has 118 valence electrons. The molecule has 2 aromatic carbocycles. The van der Waals surface area contributed by atoms with Gasteiger partial charge in [-0.15, -0.1) is 0 Å². The summed E-state index contributed by atoms with van der Waals surface area (Å²) in [4.78, 5) is 26.7. The van der Waals surface area contributed by atoms with Crippen LogP contribution in [0.3, 0.4) is 0 Å². The highest BCUT2D eigenvalue weighted by atomic mass is 35.5. The molecule has 0 spiro atoms. The Balaban J connectivity index is 2.04. The number of rotatable bonds is 4. The predicted octanol–water partition coefficient (Wildman–Crippen LogP) is 5.13. The van der Waals surface area contributed by atoms with Gasteiger partial charge in [-0.25, -0.2) is 0 Å². The van der Waals surface area contributed by atoms with Gasteiger partial charge < -0.3 is 0 Å². The summed E-state index contributed by atoms with van der Waals surface area (Å²) in [6.45, 7) is 2.02. The second kappa shape index (κ2) is 6.34. The van der Waals surface area contributed by atoms with E-state index in [2.05, 4.69) is 0 Å². The molecule has 2 amide bonds. The summed E-state index contributed by atoms with van der Waals surface area (Å²) >= 11 is 12.1. The van der Waals surface area contributed by atoms with E-state index in [-0.39, 0.29) is 17.9 Å². The topological polar surface area (TPSA) is 37.4 Å². The van der Waals surface area contributed by atoms with E-state index < -0.39 is 0 Å². The fourth-order valence-electron chi connectivity index (χ4n) is 2.93. The minimum absolute atomic E-state index is 0.255. The van der Waals surface area contributed by atoms with Crippen molar-refractivity contribution in [2.75, 3.05) is 0 Å². The van der Waals surface area contributed by atoms with Crippen molar-refractivity contribution >= 4 is 35.0 Å². The monoisotopic (exact) mass is 347 g/mol. The molecule has 0 N–H and O–H groups in total. The van der Waals surface area contributed by atoms with Crippen molar-refractivity contribution in [1.29, 1.82) is 0 Å². The van der Waals surface area contributed by atoms with Crippen LogP contribution in [0.4, 0.5) is 0 Å². The molecule has 23 heavy (non-hydrogen) atoms. The smallest absolute Gasteiger partial charge is 0.262 e. The van der Waals surface area contributed by atoms with E-state index >= 15 is 0 Å². The molecule has 5 heteroatoms. The van der Waals surface area contributed by atoms with Crippen LogP contribution in [0.5, 0.6) is 0 Å². The number of carbonyl (C=O) groups is 2. The van der Waals surface area contributed by atoms with Gasteiger partial charge in [-0.2, -0.15) is 0 Å². The van der Waals surface area contributed by atoms with E-state index in [4.69, 9.17) is 23.2 Å². The Labute approximate surface area is 144 Å². The van der Waals surface area contributed by atoms with Gasteiger partial charge in [-0.3, -0.25) is 14.5 Å². The Hall–Kier alpha value is -1.84. The van der Waals surface area contributed by atoms with E-state index in [1.807, 2.05) is 13.0 Å². The van der Waals surface area contributed by atoms with Crippen LogP contribution < -0.4 is 0 Å². The van der Waals surface area contributed by atoms with Crippen LogP contribution in [-0.4, -0.2) is 16.7 Å². The molecule has 2 aromatic rings. The first-order valence-corrected chi connectivity index (χ1v) is 8.22. The van der Waals surface area contributed by atoms with Gasteiger partial charge in [0.25, 0.3) is 11.8 Å². The molecule has 0 saturated carbocycles. The third kappa shape index (κ3) is 2.75. The summed E-state index contributed by atoms with van der Waals surface area (Å²) < 4.78 is 0. The lowest BCUT2D eigenvalue weighted by atomic mass is 10.0. The van der Waals surface area contributed by atoms with Crippen LogP contribution in [0.1, 0.15) is 52.1 Å². The van der Waals surface area contributed by atoms with Crippen LogP contribution in [-0.2, 0) is 0 Å². The quantitative estimate of drug-likeness (QED) is 0.718. The molecule has 0 fully saturated rings. The number of benzene rings is 2. The van der Waals surface area contributed by atoms with Crippen molar-refractivity contribution in [3.8, 4) is 0 Å². The number of nitrogens with zero attached hydrogens (tertiary/aromatic N) is 1. The molecule has 0 aliphatic carbocycles. The summed E-state index contributed by atoms with van der Waals surface area (Å²) in [5, 5.41) is 0.870. The summed E-state index contributed by atoms with van der Waals surface area (Å²) in [5.74, 6) is -0.509. The normalized spacial score (nSPS) is 15.0. The Morgan fingerprint density at radius 2 is 1.57 bits per heavy atom. The zero-order chi connectivity index (χ0) is 16.6. The van der Waals surface area contributed by atoms with Gasteiger partial charge >= 0.3 is 0 Å². The Bertz CT molecular complexity index is 753. The zero-order valence-electron chi connectivity index (χ0n) is 12.6. The molecule has 0 aromatic heterocycles. The van der Waals surface area contributed by atoms with Gasteiger partial charge in [-0.05, 0) is 36.2 Å². The molecule has 1 unspecified atom stereocenters. The van der Waals surface area contributed by atoms with Crippen LogP contribution >= 0.6 is 23.2 Å². The lowest BCUT2D eigenvalue weighted by Crippen LogP contribution is -2.34. The molecular weight excluding hydrogens is 333 g/mol. The number of halogens is 2. The average Bonchev–Trinajstić information content (AvgIpc) is 2.80. The van der Waals surface area contributed by atoms with Crippen molar-refractivity contribution in [3.63, 3.8) is 0 Å². The lowest BCUT2D eigenvalue weighted by molar-refractivity contribution is 0.0573. The molecule has 3 rings (SSSR count). The zero-order valence-corrected chi connectivity index (χ0v) is 14.1. The standard InChI is InChI=1S/C18H15Cl2NO2/c1-2-5-16(11-8-9-14(19)15(20)10-11)21-17(22)12-6-3-4-7-13(12)18(21)23/h3-4,6-10,16H,2,5H2,1H3. The Morgan fingerprint density at radius 3 is 2.09 bits per heavy atom. The van der Waals surface area contributed by atoms with Crippen molar-refractivity contribution < 1.29 is 9.59 Å². The van der Waals surface area contributed by atoms with Gasteiger partial charge in [0.2, 0.25) is 0 Å². The van der Waals surface area contributed by atoms with Gasteiger partial charge in [0, 0.05) is 0 Å². The third-order valence-electron chi connectivity index (χ3n) is 4.03.